The number of rotatable bonds is 4. The van der Waals surface area contributed by atoms with E-state index in [4.69, 9.17) is 0 Å². The average Bonchev–Trinajstić information content (AvgIpc) is 3.85. The Morgan fingerprint density at radius 2 is 1.00 bits per heavy atom. The monoisotopic (exact) mass is 647 g/mol. The molecule has 1 heterocycles. The molecule has 2 aliphatic carbocycles. The first-order valence-corrected chi connectivity index (χ1v) is 17.9. The van der Waals surface area contributed by atoms with E-state index in [2.05, 4.69) is 187 Å². The number of aromatic nitrogens is 1. The molecule has 1 heteroatoms. The topological polar surface area (TPSA) is 4.93 Å². The van der Waals surface area contributed by atoms with Gasteiger partial charge in [-0.3, -0.25) is 0 Å². The van der Waals surface area contributed by atoms with Crippen molar-refractivity contribution in [2.45, 2.75) is 12.3 Å². The van der Waals surface area contributed by atoms with Gasteiger partial charge in [-0.15, -0.1) is 0 Å². The van der Waals surface area contributed by atoms with Crippen molar-refractivity contribution < 1.29 is 0 Å². The van der Waals surface area contributed by atoms with Crippen LogP contribution in [0.5, 0.6) is 0 Å². The summed E-state index contributed by atoms with van der Waals surface area (Å²) in [5, 5.41) is 2.55. The molecule has 0 aliphatic heterocycles. The Labute approximate surface area is 297 Å². The minimum Gasteiger partial charge on any atom is -0.309 e. The minimum absolute atomic E-state index is 0.177. The number of hydrogen-bond donors (Lipinski definition) is 0. The first-order chi connectivity index (χ1) is 25.3. The van der Waals surface area contributed by atoms with Crippen molar-refractivity contribution in [2.24, 2.45) is 0 Å². The van der Waals surface area contributed by atoms with Crippen LogP contribution in [-0.4, -0.2) is 4.57 Å². The standard InChI is InChI=1S/C50H33N/c1-2-11-39(12-3-1)51-48-17-9-8-15-43(48)44-27-25-36(31-49(44)51)35-24-26-42-41-14-6-7-16-45(41)50(47(42)30-35)33-20-18-32(19-21-33)34-22-23-38-28-37-10-4-5-13-40(37)46(38)29-34/h1-27,29-31,50H,28H2. The molecule has 2 aliphatic rings. The van der Waals surface area contributed by atoms with Gasteiger partial charge in [0.05, 0.1) is 11.0 Å². The molecule has 8 aromatic carbocycles. The van der Waals surface area contributed by atoms with E-state index in [1.165, 1.54) is 99.8 Å². The first kappa shape index (κ1) is 28.4. The van der Waals surface area contributed by atoms with E-state index in [0.717, 1.165) is 6.42 Å². The third kappa shape index (κ3) is 4.35. The second kappa shape index (κ2) is 11.0. The van der Waals surface area contributed by atoms with Gasteiger partial charge in [-0.2, -0.15) is 0 Å². The van der Waals surface area contributed by atoms with Crippen LogP contribution in [0.3, 0.4) is 0 Å². The van der Waals surface area contributed by atoms with Gasteiger partial charge >= 0.3 is 0 Å². The number of hydrogen-bond acceptors (Lipinski definition) is 0. The van der Waals surface area contributed by atoms with E-state index in [1.54, 1.807) is 0 Å². The van der Waals surface area contributed by atoms with Gasteiger partial charge in [-0.25, -0.2) is 0 Å². The van der Waals surface area contributed by atoms with Crippen LogP contribution in [0.25, 0.3) is 72.0 Å². The highest BCUT2D eigenvalue weighted by Crippen LogP contribution is 2.49. The lowest BCUT2D eigenvalue weighted by molar-refractivity contribution is 1.02. The fourth-order valence-electron chi connectivity index (χ4n) is 8.92. The zero-order chi connectivity index (χ0) is 33.5. The molecule has 0 bridgehead atoms. The van der Waals surface area contributed by atoms with E-state index in [9.17, 15) is 0 Å². The zero-order valence-corrected chi connectivity index (χ0v) is 28.1. The van der Waals surface area contributed by atoms with E-state index >= 15 is 0 Å². The molecular weight excluding hydrogens is 615 g/mol. The van der Waals surface area contributed by atoms with Crippen molar-refractivity contribution in [3.63, 3.8) is 0 Å². The molecule has 238 valence electrons. The molecule has 0 radical (unpaired) electrons. The summed E-state index contributed by atoms with van der Waals surface area (Å²) in [5.41, 5.74) is 21.0. The molecule has 1 nitrogen and oxygen atoms in total. The van der Waals surface area contributed by atoms with Crippen LogP contribution in [0, 0.1) is 0 Å². The highest BCUT2D eigenvalue weighted by molar-refractivity contribution is 6.10. The van der Waals surface area contributed by atoms with Gasteiger partial charge in [0.2, 0.25) is 0 Å². The molecule has 1 atom stereocenters. The zero-order valence-electron chi connectivity index (χ0n) is 28.1. The van der Waals surface area contributed by atoms with Crippen LogP contribution in [0.2, 0.25) is 0 Å². The van der Waals surface area contributed by atoms with Gasteiger partial charge in [0.15, 0.2) is 0 Å². The van der Waals surface area contributed by atoms with Crippen molar-refractivity contribution in [3.8, 4) is 50.2 Å². The molecule has 1 unspecified atom stereocenters. The maximum Gasteiger partial charge on any atom is 0.0547 e. The van der Waals surface area contributed by atoms with Gasteiger partial charge < -0.3 is 4.57 Å². The molecule has 0 fully saturated rings. The number of para-hydroxylation sites is 2. The summed E-state index contributed by atoms with van der Waals surface area (Å²) < 4.78 is 2.40. The maximum absolute atomic E-state index is 2.45. The van der Waals surface area contributed by atoms with Crippen LogP contribution in [0.15, 0.2) is 182 Å². The lowest BCUT2D eigenvalue weighted by atomic mass is 9.87. The molecule has 1 aromatic heterocycles. The summed E-state index contributed by atoms with van der Waals surface area (Å²) in [7, 11) is 0. The smallest absolute Gasteiger partial charge is 0.0547 e. The Morgan fingerprint density at radius 3 is 1.90 bits per heavy atom. The number of benzene rings is 8. The van der Waals surface area contributed by atoms with Gasteiger partial charge in [0.25, 0.3) is 0 Å². The fourth-order valence-corrected chi connectivity index (χ4v) is 8.92. The molecule has 0 N–H and O–H groups in total. The lowest BCUT2D eigenvalue weighted by Crippen LogP contribution is -1.99. The Kier molecular flexibility index (Phi) is 6.15. The van der Waals surface area contributed by atoms with Gasteiger partial charge in [-0.1, -0.05) is 146 Å². The largest absolute Gasteiger partial charge is 0.309 e. The van der Waals surface area contributed by atoms with E-state index in [-0.39, 0.29) is 5.92 Å². The molecule has 0 saturated carbocycles. The molecule has 51 heavy (non-hydrogen) atoms. The minimum atomic E-state index is 0.177. The second-order valence-corrected chi connectivity index (χ2v) is 14.1. The maximum atomic E-state index is 2.45. The summed E-state index contributed by atoms with van der Waals surface area (Å²) in [6, 6.07) is 67.7. The Bertz CT molecular complexity index is 2820. The van der Waals surface area contributed by atoms with Crippen molar-refractivity contribution in [3.05, 3.63) is 210 Å². The quantitative estimate of drug-likeness (QED) is 0.179. The van der Waals surface area contributed by atoms with Crippen LogP contribution in [-0.2, 0) is 6.42 Å². The van der Waals surface area contributed by atoms with Crippen LogP contribution in [0.4, 0.5) is 0 Å². The second-order valence-electron chi connectivity index (χ2n) is 14.1. The molecule has 0 saturated heterocycles. The normalized spacial score (nSPS) is 14.0. The van der Waals surface area contributed by atoms with Crippen LogP contribution < -0.4 is 0 Å². The van der Waals surface area contributed by atoms with Crippen molar-refractivity contribution >= 4 is 21.8 Å². The highest BCUT2D eigenvalue weighted by Gasteiger charge is 2.30. The van der Waals surface area contributed by atoms with Crippen molar-refractivity contribution in [1.82, 2.24) is 4.57 Å². The van der Waals surface area contributed by atoms with Crippen LogP contribution >= 0.6 is 0 Å². The average molecular weight is 648 g/mol. The first-order valence-electron chi connectivity index (χ1n) is 17.9. The van der Waals surface area contributed by atoms with Crippen molar-refractivity contribution in [1.29, 1.82) is 0 Å². The summed E-state index contributed by atoms with van der Waals surface area (Å²) in [5.74, 6) is 0.177. The molecular formula is C50H33N. The molecule has 9 aromatic rings. The molecule has 11 rings (SSSR count). The van der Waals surface area contributed by atoms with E-state index in [1.807, 2.05) is 0 Å². The number of fused-ring (bicyclic) bond motifs is 9. The van der Waals surface area contributed by atoms with Gasteiger partial charge in [0, 0.05) is 22.4 Å². The SMILES string of the molecule is c1ccc(-n2c3ccccc3c3ccc(-c4ccc5c(c4)C(c4ccc(-c6ccc7c(c6)-c6ccccc6C7)cc4)c4ccccc4-5)cc32)cc1. The highest BCUT2D eigenvalue weighted by atomic mass is 15.0. The van der Waals surface area contributed by atoms with Crippen molar-refractivity contribution in [2.75, 3.05) is 0 Å². The summed E-state index contributed by atoms with van der Waals surface area (Å²) in [6.45, 7) is 0. The predicted molar refractivity (Wildman–Crippen MR) is 213 cm³/mol. The van der Waals surface area contributed by atoms with Gasteiger partial charge in [-0.05, 0) is 115 Å². The summed E-state index contributed by atoms with van der Waals surface area (Å²) >= 11 is 0. The van der Waals surface area contributed by atoms with Crippen LogP contribution in [0.1, 0.15) is 33.7 Å². The Balaban J connectivity index is 1.01. The predicted octanol–water partition coefficient (Wildman–Crippen LogP) is 12.8. The van der Waals surface area contributed by atoms with E-state index < -0.39 is 0 Å². The molecule has 0 amide bonds. The van der Waals surface area contributed by atoms with E-state index in [0.29, 0.717) is 0 Å². The van der Waals surface area contributed by atoms with Gasteiger partial charge in [0.1, 0.15) is 0 Å². The summed E-state index contributed by atoms with van der Waals surface area (Å²) in [6.07, 6.45) is 1.03. The Hall–Kier alpha value is -6.44. The fraction of sp³-hybridized carbons (Fsp3) is 0.0400. The summed E-state index contributed by atoms with van der Waals surface area (Å²) in [4.78, 5) is 0. The number of nitrogens with zero attached hydrogens (tertiary/aromatic N) is 1. The lowest BCUT2D eigenvalue weighted by Gasteiger charge is -2.16. The third-order valence-corrected chi connectivity index (χ3v) is 11.3. The third-order valence-electron chi connectivity index (χ3n) is 11.3. The molecule has 0 spiro atoms. The Morgan fingerprint density at radius 1 is 0.373 bits per heavy atom.